The first-order chi connectivity index (χ1) is 7.84. The summed E-state index contributed by atoms with van der Waals surface area (Å²) in [5.41, 5.74) is 0. The molecule has 0 bridgehead atoms. The quantitative estimate of drug-likeness (QED) is 0.741. The molecule has 94 valence electrons. The lowest BCUT2D eigenvalue weighted by molar-refractivity contribution is 0.191. The SMILES string of the molecule is CC1CN(CCC2CCCCCC2)CCN1. The first kappa shape index (κ1) is 12.4. The van der Waals surface area contributed by atoms with Gasteiger partial charge in [-0.15, -0.1) is 0 Å². The Morgan fingerprint density at radius 2 is 1.88 bits per heavy atom. The molecular formula is C14H28N2. The molecule has 1 unspecified atom stereocenters. The van der Waals surface area contributed by atoms with Gasteiger partial charge in [-0.25, -0.2) is 0 Å². The first-order valence-corrected chi connectivity index (χ1v) is 7.30. The van der Waals surface area contributed by atoms with Crippen LogP contribution in [0.4, 0.5) is 0 Å². The van der Waals surface area contributed by atoms with Gasteiger partial charge in [-0.3, -0.25) is 0 Å². The van der Waals surface area contributed by atoms with Gasteiger partial charge >= 0.3 is 0 Å². The molecule has 0 spiro atoms. The summed E-state index contributed by atoms with van der Waals surface area (Å²) in [6.45, 7) is 7.35. The Morgan fingerprint density at radius 1 is 1.12 bits per heavy atom. The summed E-state index contributed by atoms with van der Waals surface area (Å²) in [5, 5.41) is 3.52. The molecule has 2 heteroatoms. The fraction of sp³-hybridized carbons (Fsp3) is 1.00. The molecule has 2 fully saturated rings. The molecule has 0 amide bonds. The van der Waals surface area contributed by atoms with Crippen molar-refractivity contribution in [1.82, 2.24) is 10.2 Å². The van der Waals surface area contributed by atoms with E-state index in [0.717, 1.165) is 5.92 Å². The Hall–Kier alpha value is -0.0800. The Morgan fingerprint density at radius 3 is 2.56 bits per heavy atom. The van der Waals surface area contributed by atoms with Crippen molar-refractivity contribution in [3.8, 4) is 0 Å². The summed E-state index contributed by atoms with van der Waals surface area (Å²) in [6, 6.07) is 0.697. The second-order valence-corrected chi connectivity index (χ2v) is 5.80. The lowest BCUT2D eigenvalue weighted by Gasteiger charge is -2.32. The van der Waals surface area contributed by atoms with Crippen LogP contribution < -0.4 is 5.32 Å². The predicted molar refractivity (Wildman–Crippen MR) is 69.7 cm³/mol. The van der Waals surface area contributed by atoms with Crippen LogP contribution >= 0.6 is 0 Å². The number of hydrogen-bond acceptors (Lipinski definition) is 2. The standard InChI is InChI=1S/C14H28N2/c1-13-12-16(11-9-15-13)10-8-14-6-4-2-3-5-7-14/h13-15H,2-12H2,1H3. The molecule has 2 rings (SSSR count). The largest absolute Gasteiger partial charge is 0.312 e. The van der Waals surface area contributed by atoms with Crippen LogP contribution in [0.5, 0.6) is 0 Å². The maximum atomic E-state index is 3.52. The van der Waals surface area contributed by atoms with Gasteiger partial charge in [-0.05, 0) is 25.8 Å². The summed E-state index contributed by atoms with van der Waals surface area (Å²) in [7, 11) is 0. The zero-order valence-electron chi connectivity index (χ0n) is 10.9. The van der Waals surface area contributed by atoms with E-state index in [0.29, 0.717) is 6.04 Å². The van der Waals surface area contributed by atoms with Crippen molar-refractivity contribution in [3.63, 3.8) is 0 Å². The molecule has 1 aliphatic heterocycles. The fourth-order valence-electron chi connectivity index (χ4n) is 3.23. The van der Waals surface area contributed by atoms with Crippen LogP contribution in [-0.2, 0) is 0 Å². The Bertz CT molecular complexity index is 183. The zero-order chi connectivity index (χ0) is 11.2. The maximum absolute atomic E-state index is 3.52. The van der Waals surface area contributed by atoms with Gasteiger partial charge in [0.2, 0.25) is 0 Å². The van der Waals surface area contributed by atoms with E-state index in [-0.39, 0.29) is 0 Å². The first-order valence-electron chi connectivity index (χ1n) is 7.30. The topological polar surface area (TPSA) is 15.3 Å². The highest BCUT2D eigenvalue weighted by Crippen LogP contribution is 2.25. The van der Waals surface area contributed by atoms with Crippen molar-refractivity contribution in [2.75, 3.05) is 26.2 Å². The van der Waals surface area contributed by atoms with E-state index < -0.39 is 0 Å². The van der Waals surface area contributed by atoms with Gasteiger partial charge in [-0.2, -0.15) is 0 Å². The molecule has 2 aliphatic rings. The highest BCUT2D eigenvalue weighted by atomic mass is 15.2. The number of hydrogen-bond donors (Lipinski definition) is 1. The monoisotopic (exact) mass is 224 g/mol. The van der Waals surface area contributed by atoms with Crippen molar-refractivity contribution < 1.29 is 0 Å². The molecule has 1 aliphatic carbocycles. The van der Waals surface area contributed by atoms with Gasteiger partial charge in [0.05, 0.1) is 0 Å². The lowest BCUT2D eigenvalue weighted by atomic mass is 9.96. The number of piperazine rings is 1. The third-order valence-electron chi connectivity index (χ3n) is 4.28. The van der Waals surface area contributed by atoms with Gasteiger partial charge in [0.15, 0.2) is 0 Å². The van der Waals surface area contributed by atoms with Crippen molar-refractivity contribution in [2.45, 2.75) is 57.9 Å². The zero-order valence-corrected chi connectivity index (χ0v) is 10.9. The Balaban J connectivity index is 1.65. The highest BCUT2D eigenvalue weighted by Gasteiger charge is 2.17. The number of nitrogens with one attached hydrogen (secondary N) is 1. The highest BCUT2D eigenvalue weighted by molar-refractivity contribution is 4.76. The van der Waals surface area contributed by atoms with Gasteiger partial charge in [0, 0.05) is 25.7 Å². The second kappa shape index (κ2) is 6.61. The van der Waals surface area contributed by atoms with E-state index >= 15 is 0 Å². The Kier molecular flexibility index (Phi) is 5.11. The maximum Gasteiger partial charge on any atom is 0.0167 e. The van der Waals surface area contributed by atoms with Crippen LogP contribution in [0.25, 0.3) is 0 Å². The van der Waals surface area contributed by atoms with Crippen LogP contribution in [0.2, 0.25) is 0 Å². The predicted octanol–water partition coefficient (Wildman–Crippen LogP) is 2.64. The molecule has 1 saturated carbocycles. The van der Waals surface area contributed by atoms with Gasteiger partial charge in [0.25, 0.3) is 0 Å². The number of rotatable bonds is 3. The van der Waals surface area contributed by atoms with Gasteiger partial charge in [0.1, 0.15) is 0 Å². The lowest BCUT2D eigenvalue weighted by Crippen LogP contribution is -2.49. The summed E-state index contributed by atoms with van der Waals surface area (Å²) >= 11 is 0. The molecular weight excluding hydrogens is 196 g/mol. The third kappa shape index (κ3) is 4.06. The van der Waals surface area contributed by atoms with Crippen LogP contribution in [0.1, 0.15) is 51.9 Å². The summed E-state index contributed by atoms with van der Waals surface area (Å²) < 4.78 is 0. The summed E-state index contributed by atoms with van der Waals surface area (Å²) in [5.74, 6) is 1.03. The minimum atomic E-state index is 0.697. The third-order valence-corrected chi connectivity index (χ3v) is 4.28. The van der Waals surface area contributed by atoms with Crippen LogP contribution in [0, 0.1) is 5.92 Å². The van der Waals surface area contributed by atoms with E-state index in [1.165, 1.54) is 71.1 Å². The molecule has 1 atom stereocenters. The van der Waals surface area contributed by atoms with Crippen LogP contribution in [-0.4, -0.2) is 37.1 Å². The molecule has 0 radical (unpaired) electrons. The summed E-state index contributed by atoms with van der Waals surface area (Å²) in [6.07, 6.45) is 10.4. The molecule has 0 aromatic rings. The molecule has 2 nitrogen and oxygen atoms in total. The molecule has 1 N–H and O–H groups in total. The van der Waals surface area contributed by atoms with Crippen molar-refractivity contribution in [3.05, 3.63) is 0 Å². The Labute approximate surface area is 101 Å². The second-order valence-electron chi connectivity index (χ2n) is 5.80. The van der Waals surface area contributed by atoms with E-state index in [1.54, 1.807) is 0 Å². The average molecular weight is 224 g/mol. The minimum absolute atomic E-state index is 0.697. The molecule has 0 aromatic heterocycles. The van der Waals surface area contributed by atoms with Crippen molar-refractivity contribution >= 4 is 0 Å². The van der Waals surface area contributed by atoms with E-state index in [2.05, 4.69) is 17.1 Å². The van der Waals surface area contributed by atoms with Crippen molar-refractivity contribution in [2.24, 2.45) is 5.92 Å². The summed E-state index contributed by atoms with van der Waals surface area (Å²) in [4.78, 5) is 2.66. The number of nitrogens with zero attached hydrogens (tertiary/aromatic N) is 1. The normalized spacial score (nSPS) is 30.2. The van der Waals surface area contributed by atoms with E-state index in [9.17, 15) is 0 Å². The van der Waals surface area contributed by atoms with Crippen LogP contribution in [0.15, 0.2) is 0 Å². The fourth-order valence-corrected chi connectivity index (χ4v) is 3.23. The minimum Gasteiger partial charge on any atom is -0.312 e. The molecule has 1 heterocycles. The molecule has 1 saturated heterocycles. The molecule has 0 aromatic carbocycles. The van der Waals surface area contributed by atoms with Gasteiger partial charge in [-0.1, -0.05) is 38.5 Å². The van der Waals surface area contributed by atoms with Crippen molar-refractivity contribution in [1.29, 1.82) is 0 Å². The smallest absolute Gasteiger partial charge is 0.0167 e. The van der Waals surface area contributed by atoms with Crippen LogP contribution in [0.3, 0.4) is 0 Å². The van der Waals surface area contributed by atoms with E-state index in [1.807, 2.05) is 0 Å². The molecule has 16 heavy (non-hydrogen) atoms. The van der Waals surface area contributed by atoms with E-state index in [4.69, 9.17) is 0 Å². The van der Waals surface area contributed by atoms with Gasteiger partial charge < -0.3 is 10.2 Å². The average Bonchev–Trinajstić information content (AvgIpc) is 2.55.